The summed E-state index contributed by atoms with van der Waals surface area (Å²) in [6, 6.07) is 9.68. The molecule has 0 aliphatic carbocycles. The van der Waals surface area contributed by atoms with Crippen LogP contribution in [0.2, 0.25) is 0 Å². The molecule has 0 fully saturated rings. The Kier molecular flexibility index (Phi) is 5.86. The Labute approximate surface area is 106 Å². The summed E-state index contributed by atoms with van der Waals surface area (Å²) in [4.78, 5) is 0. The third-order valence-electron chi connectivity index (χ3n) is 2.48. The number of nitrogens with zero attached hydrogens (tertiary/aromatic N) is 1. The summed E-state index contributed by atoms with van der Waals surface area (Å²) < 4.78 is 0. The molecule has 0 spiro atoms. The van der Waals surface area contributed by atoms with E-state index in [1.807, 2.05) is 37.3 Å². The Bertz CT molecular complexity index is 357. The minimum Gasteiger partial charge on any atom is -0.409 e. The Balaban J connectivity index is 2.75. The highest BCUT2D eigenvalue weighted by Gasteiger charge is 2.17. The molecule has 0 aliphatic heterocycles. The first-order valence-electron chi connectivity index (χ1n) is 5.43. The van der Waals surface area contributed by atoms with E-state index in [9.17, 15) is 0 Å². The normalized spacial score (nSPS) is 15.5. The van der Waals surface area contributed by atoms with Crippen LogP contribution in [0.1, 0.15) is 18.4 Å². The highest BCUT2D eigenvalue weighted by molar-refractivity contribution is 7.99. The molecule has 0 amide bonds. The minimum absolute atomic E-state index is 0.125. The van der Waals surface area contributed by atoms with Crippen molar-refractivity contribution in [2.45, 2.75) is 18.1 Å². The molecule has 1 aromatic carbocycles. The van der Waals surface area contributed by atoms with Crippen molar-refractivity contribution in [3.8, 4) is 0 Å². The fraction of sp³-hybridized carbons (Fsp3) is 0.417. The monoisotopic (exact) mass is 254 g/mol. The first-order valence-corrected chi connectivity index (χ1v) is 6.48. The zero-order chi connectivity index (χ0) is 12.7. The summed E-state index contributed by atoms with van der Waals surface area (Å²) in [6.45, 7) is 2.07. The van der Waals surface area contributed by atoms with Gasteiger partial charge in [-0.2, -0.15) is 11.8 Å². The van der Waals surface area contributed by atoms with Gasteiger partial charge in [0.1, 0.15) is 5.84 Å². The van der Waals surface area contributed by atoms with Gasteiger partial charge in [0.05, 0.1) is 12.5 Å². The second-order valence-corrected chi connectivity index (χ2v) is 5.29. The van der Waals surface area contributed by atoms with E-state index in [2.05, 4.69) is 5.16 Å². The van der Waals surface area contributed by atoms with Gasteiger partial charge < -0.3 is 16.0 Å². The van der Waals surface area contributed by atoms with E-state index in [0.717, 1.165) is 5.56 Å². The lowest BCUT2D eigenvalue weighted by Gasteiger charge is -2.17. The summed E-state index contributed by atoms with van der Waals surface area (Å²) in [7, 11) is 0. The van der Waals surface area contributed by atoms with Gasteiger partial charge in [0, 0.05) is 11.0 Å². The maximum absolute atomic E-state index is 8.98. The van der Waals surface area contributed by atoms with E-state index in [0.29, 0.717) is 5.75 Å². The summed E-state index contributed by atoms with van der Waals surface area (Å²) in [5.41, 5.74) is 6.72. The predicted molar refractivity (Wildman–Crippen MR) is 71.6 cm³/mol. The van der Waals surface area contributed by atoms with E-state index in [4.69, 9.17) is 16.0 Å². The number of aliphatic hydroxyl groups is 1. The van der Waals surface area contributed by atoms with Crippen LogP contribution in [-0.2, 0) is 0 Å². The SMILES string of the molecule is CC(CO)SCC(/C(N)=N/O)c1ccccc1. The zero-order valence-electron chi connectivity index (χ0n) is 9.78. The van der Waals surface area contributed by atoms with Crippen LogP contribution in [0.25, 0.3) is 0 Å². The zero-order valence-corrected chi connectivity index (χ0v) is 10.6. The van der Waals surface area contributed by atoms with Gasteiger partial charge in [-0.05, 0) is 5.56 Å². The Morgan fingerprint density at radius 2 is 2.06 bits per heavy atom. The van der Waals surface area contributed by atoms with Crippen molar-refractivity contribution in [1.29, 1.82) is 0 Å². The second kappa shape index (κ2) is 7.19. The molecule has 2 atom stereocenters. The average Bonchev–Trinajstić information content (AvgIpc) is 2.39. The summed E-state index contributed by atoms with van der Waals surface area (Å²) in [5, 5.41) is 21.0. The van der Waals surface area contributed by atoms with E-state index in [-0.39, 0.29) is 23.6 Å². The molecule has 17 heavy (non-hydrogen) atoms. The van der Waals surface area contributed by atoms with Crippen LogP contribution in [0.3, 0.4) is 0 Å². The van der Waals surface area contributed by atoms with Crippen LogP contribution >= 0.6 is 11.8 Å². The fourth-order valence-corrected chi connectivity index (χ4v) is 2.41. The molecule has 0 saturated carbocycles. The van der Waals surface area contributed by atoms with Crippen molar-refractivity contribution < 1.29 is 10.3 Å². The maximum Gasteiger partial charge on any atom is 0.147 e. The number of rotatable bonds is 6. The first-order chi connectivity index (χ1) is 8.19. The number of hydrogen-bond acceptors (Lipinski definition) is 4. The topological polar surface area (TPSA) is 78.8 Å². The average molecular weight is 254 g/mol. The van der Waals surface area contributed by atoms with Crippen LogP contribution in [0.5, 0.6) is 0 Å². The van der Waals surface area contributed by atoms with Gasteiger partial charge in [-0.15, -0.1) is 0 Å². The quantitative estimate of drug-likeness (QED) is 0.312. The van der Waals surface area contributed by atoms with Crippen LogP contribution in [0.15, 0.2) is 35.5 Å². The van der Waals surface area contributed by atoms with Crippen LogP contribution < -0.4 is 5.73 Å². The van der Waals surface area contributed by atoms with Gasteiger partial charge in [-0.25, -0.2) is 0 Å². The molecule has 0 saturated heterocycles. The molecular formula is C12H18N2O2S. The fourth-order valence-electron chi connectivity index (χ4n) is 1.42. The lowest BCUT2D eigenvalue weighted by Crippen LogP contribution is -2.24. The van der Waals surface area contributed by atoms with E-state index in [1.165, 1.54) is 0 Å². The molecule has 0 bridgehead atoms. The van der Waals surface area contributed by atoms with Crippen LogP contribution in [0.4, 0.5) is 0 Å². The third kappa shape index (κ3) is 4.28. The Hall–Kier alpha value is -1.20. The van der Waals surface area contributed by atoms with Crippen molar-refractivity contribution in [1.82, 2.24) is 0 Å². The largest absolute Gasteiger partial charge is 0.409 e. The molecular weight excluding hydrogens is 236 g/mol. The number of amidine groups is 1. The lowest BCUT2D eigenvalue weighted by molar-refractivity contribution is 0.300. The minimum atomic E-state index is -0.125. The third-order valence-corrected chi connectivity index (χ3v) is 3.72. The molecule has 0 radical (unpaired) electrons. The summed E-state index contributed by atoms with van der Waals surface area (Å²) in [5.74, 6) is 0.760. The van der Waals surface area contributed by atoms with Crippen LogP contribution in [-0.4, -0.2) is 33.8 Å². The Morgan fingerprint density at radius 3 is 2.59 bits per heavy atom. The van der Waals surface area contributed by atoms with Gasteiger partial charge in [-0.3, -0.25) is 0 Å². The molecule has 94 valence electrons. The van der Waals surface area contributed by atoms with Gasteiger partial charge in [0.2, 0.25) is 0 Å². The summed E-state index contributed by atoms with van der Waals surface area (Å²) in [6.07, 6.45) is 0. The van der Waals surface area contributed by atoms with Crippen molar-refractivity contribution in [3.63, 3.8) is 0 Å². The molecule has 0 heterocycles. The molecule has 1 rings (SSSR count). The first kappa shape index (κ1) is 13.9. The second-order valence-electron chi connectivity index (χ2n) is 3.81. The number of nitrogens with two attached hydrogens (primary N) is 1. The standard InChI is InChI=1S/C12H18N2O2S/c1-9(7-15)17-8-11(12(13)14-16)10-5-3-2-4-6-10/h2-6,9,11,15-16H,7-8H2,1H3,(H2,13,14). The lowest BCUT2D eigenvalue weighted by atomic mass is 10.0. The molecule has 4 nitrogen and oxygen atoms in total. The van der Waals surface area contributed by atoms with Crippen molar-refractivity contribution in [2.75, 3.05) is 12.4 Å². The number of hydrogen-bond donors (Lipinski definition) is 3. The van der Waals surface area contributed by atoms with Crippen molar-refractivity contribution in [2.24, 2.45) is 10.9 Å². The van der Waals surface area contributed by atoms with Crippen LogP contribution in [0, 0.1) is 0 Å². The molecule has 5 heteroatoms. The number of aliphatic hydroxyl groups excluding tert-OH is 1. The highest BCUT2D eigenvalue weighted by atomic mass is 32.2. The van der Waals surface area contributed by atoms with E-state index in [1.54, 1.807) is 11.8 Å². The van der Waals surface area contributed by atoms with Gasteiger partial charge in [0.25, 0.3) is 0 Å². The molecule has 1 aromatic rings. The molecule has 2 unspecified atom stereocenters. The van der Waals surface area contributed by atoms with Gasteiger partial charge >= 0.3 is 0 Å². The Morgan fingerprint density at radius 1 is 1.41 bits per heavy atom. The molecule has 0 aromatic heterocycles. The number of oxime groups is 1. The van der Waals surface area contributed by atoms with Crippen molar-refractivity contribution >= 4 is 17.6 Å². The highest BCUT2D eigenvalue weighted by Crippen LogP contribution is 2.23. The summed E-state index contributed by atoms with van der Waals surface area (Å²) >= 11 is 1.60. The smallest absolute Gasteiger partial charge is 0.147 e. The van der Waals surface area contributed by atoms with Gasteiger partial charge in [-0.1, -0.05) is 42.4 Å². The number of thioether (sulfide) groups is 1. The molecule has 0 aliphatic rings. The van der Waals surface area contributed by atoms with Gasteiger partial charge in [0.15, 0.2) is 0 Å². The predicted octanol–water partition coefficient (Wildman–Crippen LogP) is 1.63. The maximum atomic E-state index is 8.98. The van der Waals surface area contributed by atoms with E-state index < -0.39 is 0 Å². The van der Waals surface area contributed by atoms with Crippen molar-refractivity contribution in [3.05, 3.63) is 35.9 Å². The number of benzene rings is 1. The molecule has 4 N–H and O–H groups in total. The van der Waals surface area contributed by atoms with E-state index >= 15 is 0 Å².